The van der Waals surface area contributed by atoms with E-state index in [0.29, 0.717) is 12.8 Å². The van der Waals surface area contributed by atoms with E-state index in [-0.39, 0.29) is 12.5 Å². The van der Waals surface area contributed by atoms with Crippen LogP contribution in [0.3, 0.4) is 0 Å². The van der Waals surface area contributed by atoms with Gasteiger partial charge in [-0.3, -0.25) is 4.79 Å². The zero-order chi connectivity index (χ0) is 12.3. The number of esters is 1. The second-order valence-electron chi connectivity index (χ2n) is 4.71. The van der Waals surface area contributed by atoms with Crippen molar-refractivity contribution in [2.45, 2.75) is 46.0 Å². The third-order valence-corrected chi connectivity index (χ3v) is 3.48. The van der Waals surface area contributed by atoms with Crippen LogP contribution < -0.4 is 0 Å². The molecule has 0 radical (unpaired) electrons. The second kappa shape index (κ2) is 5.11. The summed E-state index contributed by atoms with van der Waals surface area (Å²) in [6.07, 6.45) is 1.91. The van der Waals surface area contributed by atoms with Crippen LogP contribution in [0.5, 0.6) is 0 Å². The molecule has 94 valence electrons. The van der Waals surface area contributed by atoms with Gasteiger partial charge in [-0.2, -0.15) is 0 Å². The fourth-order valence-corrected chi connectivity index (χ4v) is 2.41. The van der Waals surface area contributed by atoms with Gasteiger partial charge in [0.1, 0.15) is 5.92 Å². The predicted molar refractivity (Wildman–Crippen MR) is 57.2 cm³/mol. The van der Waals surface area contributed by atoms with Crippen molar-refractivity contribution in [1.82, 2.24) is 0 Å². The Kier molecular flexibility index (Phi) is 4.28. The van der Waals surface area contributed by atoms with Crippen molar-refractivity contribution in [3.63, 3.8) is 0 Å². The largest absolute Gasteiger partial charge is 0.466 e. The standard InChI is InChI=1S/C12H20F2O2/c1-4-16-11(15)10-8(2)6-5-7-9(3)12(10,13)14/h8-10H,4-7H2,1-3H3/t8-,9-,10?/m1/s1. The molecule has 1 fully saturated rings. The maximum absolute atomic E-state index is 14.0. The quantitative estimate of drug-likeness (QED) is 0.541. The van der Waals surface area contributed by atoms with Crippen molar-refractivity contribution in [3.05, 3.63) is 0 Å². The van der Waals surface area contributed by atoms with E-state index >= 15 is 0 Å². The average molecular weight is 234 g/mol. The van der Waals surface area contributed by atoms with Crippen LogP contribution in [0, 0.1) is 17.8 Å². The molecule has 1 aliphatic carbocycles. The minimum absolute atomic E-state index is 0.159. The van der Waals surface area contributed by atoms with Crippen LogP contribution in [0.2, 0.25) is 0 Å². The third-order valence-electron chi connectivity index (χ3n) is 3.48. The lowest BCUT2D eigenvalue weighted by Gasteiger charge is -2.30. The van der Waals surface area contributed by atoms with E-state index in [1.807, 2.05) is 0 Å². The summed E-state index contributed by atoms with van der Waals surface area (Å²) in [4.78, 5) is 11.6. The van der Waals surface area contributed by atoms with Gasteiger partial charge in [-0.1, -0.05) is 20.3 Å². The molecule has 0 aromatic carbocycles. The summed E-state index contributed by atoms with van der Waals surface area (Å²) in [7, 11) is 0. The summed E-state index contributed by atoms with van der Waals surface area (Å²) < 4.78 is 32.9. The highest BCUT2D eigenvalue weighted by atomic mass is 19.3. The van der Waals surface area contributed by atoms with Gasteiger partial charge in [-0.15, -0.1) is 0 Å². The molecular weight excluding hydrogens is 214 g/mol. The molecule has 0 bridgehead atoms. The molecule has 1 rings (SSSR count). The molecule has 0 aromatic rings. The van der Waals surface area contributed by atoms with Crippen LogP contribution in [0.25, 0.3) is 0 Å². The van der Waals surface area contributed by atoms with Crippen LogP contribution in [0.1, 0.15) is 40.0 Å². The molecule has 16 heavy (non-hydrogen) atoms. The van der Waals surface area contributed by atoms with E-state index in [4.69, 9.17) is 4.74 Å². The van der Waals surface area contributed by atoms with E-state index in [2.05, 4.69) is 0 Å². The highest BCUT2D eigenvalue weighted by Gasteiger charge is 2.52. The van der Waals surface area contributed by atoms with Gasteiger partial charge < -0.3 is 4.74 Å². The summed E-state index contributed by atoms with van der Waals surface area (Å²) in [5.74, 6) is -6.01. The van der Waals surface area contributed by atoms with E-state index in [1.54, 1.807) is 13.8 Å². The molecule has 0 N–H and O–H groups in total. The lowest BCUT2D eigenvalue weighted by Crippen LogP contribution is -2.43. The second-order valence-corrected chi connectivity index (χ2v) is 4.71. The third kappa shape index (κ3) is 2.53. The molecule has 0 aliphatic heterocycles. The monoisotopic (exact) mass is 234 g/mol. The normalized spacial score (nSPS) is 34.2. The van der Waals surface area contributed by atoms with Gasteiger partial charge in [-0.05, 0) is 25.7 Å². The summed E-state index contributed by atoms with van der Waals surface area (Å²) in [6, 6.07) is 0. The van der Waals surface area contributed by atoms with Crippen LogP contribution in [0.15, 0.2) is 0 Å². The van der Waals surface area contributed by atoms with Gasteiger partial charge in [0.2, 0.25) is 0 Å². The van der Waals surface area contributed by atoms with Crippen molar-refractivity contribution in [2.75, 3.05) is 6.61 Å². The SMILES string of the molecule is CCOC(=O)C1[C@H](C)CCC[C@@H](C)C1(F)F. The van der Waals surface area contributed by atoms with Gasteiger partial charge in [-0.25, -0.2) is 8.78 Å². The van der Waals surface area contributed by atoms with E-state index in [0.717, 1.165) is 6.42 Å². The smallest absolute Gasteiger partial charge is 0.315 e. The average Bonchev–Trinajstić information content (AvgIpc) is 2.25. The number of halogens is 2. The van der Waals surface area contributed by atoms with Gasteiger partial charge in [0.05, 0.1) is 6.61 Å². The fraction of sp³-hybridized carbons (Fsp3) is 0.917. The van der Waals surface area contributed by atoms with Crippen molar-refractivity contribution in [2.24, 2.45) is 17.8 Å². The Morgan fingerprint density at radius 3 is 2.56 bits per heavy atom. The number of ether oxygens (including phenoxy) is 1. The Morgan fingerprint density at radius 2 is 2.00 bits per heavy atom. The van der Waals surface area contributed by atoms with Crippen molar-refractivity contribution in [3.8, 4) is 0 Å². The lowest BCUT2D eigenvalue weighted by molar-refractivity contribution is -0.174. The fourth-order valence-electron chi connectivity index (χ4n) is 2.41. The highest BCUT2D eigenvalue weighted by Crippen LogP contribution is 2.44. The van der Waals surface area contributed by atoms with Crippen molar-refractivity contribution < 1.29 is 18.3 Å². The molecule has 4 heteroatoms. The van der Waals surface area contributed by atoms with E-state index in [9.17, 15) is 13.6 Å². The van der Waals surface area contributed by atoms with E-state index in [1.165, 1.54) is 6.92 Å². The number of hydrogen-bond donors (Lipinski definition) is 0. The summed E-state index contributed by atoms with van der Waals surface area (Å²) in [5.41, 5.74) is 0. The van der Waals surface area contributed by atoms with Crippen LogP contribution in [-0.4, -0.2) is 18.5 Å². The first-order valence-electron chi connectivity index (χ1n) is 5.95. The highest BCUT2D eigenvalue weighted by molar-refractivity contribution is 5.74. The van der Waals surface area contributed by atoms with Gasteiger partial charge in [0, 0.05) is 5.92 Å². The molecule has 1 aliphatic rings. The van der Waals surface area contributed by atoms with E-state index < -0.39 is 23.7 Å². The molecule has 0 heterocycles. The van der Waals surface area contributed by atoms with Crippen molar-refractivity contribution >= 4 is 5.97 Å². The van der Waals surface area contributed by atoms with Crippen LogP contribution in [-0.2, 0) is 9.53 Å². The van der Waals surface area contributed by atoms with Gasteiger partial charge in [0.25, 0.3) is 5.92 Å². The zero-order valence-electron chi connectivity index (χ0n) is 10.1. The van der Waals surface area contributed by atoms with Crippen LogP contribution >= 0.6 is 0 Å². The maximum Gasteiger partial charge on any atom is 0.315 e. The summed E-state index contributed by atoms with van der Waals surface area (Å²) in [5, 5.41) is 0. The number of alkyl halides is 2. The molecule has 0 aromatic heterocycles. The first kappa shape index (κ1) is 13.4. The minimum Gasteiger partial charge on any atom is -0.466 e. The molecule has 0 amide bonds. The Balaban J connectivity index is 2.93. The molecule has 1 saturated carbocycles. The van der Waals surface area contributed by atoms with Crippen molar-refractivity contribution in [1.29, 1.82) is 0 Å². The molecule has 3 atom stereocenters. The Morgan fingerprint density at radius 1 is 1.38 bits per heavy atom. The summed E-state index contributed by atoms with van der Waals surface area (Å²) in [6.45, 7) is 5.03. The minimum atomic E-state index is -2.94. The molecule has 2 nitrogen and oxygen atoms in total. The lowest BCUT2D eigenvalue weighted by atomic mass is 9.83. The predicted octanol–water partition coefficient (Wildman–Crippen LogP) is 3.26. The molecular formula is C12H20F2O2. The number of carbonyl (C=O) groups excluding carboxylic acids is 1. The summed E-state index contributed by atoms with van der Waals surface area (Å²) >= 11 is 0. The van der Waals surface area contributed by atoms with Gasteiger partial charge in [0.15, 0.2) is 0 Å². The molecule has 1 unspecified atom stereocenters. The Bertz CT molecular complexity index is 253. The maximum atomic E-state index is 14.0. The molecule has 0 spiro atoms. The number of rotatable bonds is 2. The van der Waals surface area contributed by atoms with Crippen LogP contribution in [0.4, 0.5) is 8.78 Å². The number of hydrogen-bond acceptors (Lipinski definition) is 2. The zero-order valence-corrected chi connectivity index (χ0v) is 10.1. The first-order chi connectivity index (χ1) is 7.41. The topological polar surface area (TPSA) is 26.3 Å². The first-order valence-corrected chi connectivity index (χ1v) is 5.95. The Labute approximate surface area is 95.4 Å². The molecule has 0 saturated heterocycles. The number of carbonyl (C=O) groups is 1. The Hall–Kier alpha value is -0.670. The van der Waals surface area contributed by atoms with Gasteiger partial charge >= 0.3 is 5.97 Å².